The first-order chi connectivity index (χ1) is 21.0. The topological polar surface area (TPSA) is 16.1 Å². The summed E-state index contributed by atoms with van der Waals surface area (Å²) >= 11 is 0. The molecule has 2 nitrogen and oxygen atoms in total. The van der Waals surface area contributed by atoms with Gasteiger partial charge in [-0.05, 0) is 119 Å². The maximum absolute atomic E-state index is 4.65. The minimum Gasteiger partial charge on any atom is -0.317 e. The molecule has 0 amide bonds. The zero-order chi connectivity index (χ0) is 29.5. The third kappa shape index (κ3) is 4.91. The molecule has 1 aliphatic carbocycles. The van der Waals surface area contributed by atoms with E-state index in [9.17, 15) is 0 Å². The minimum absolute atomic E-state index is 0.732. The van der Waals surface area contributed by atoms with Gasteiger partial charge in [0.15, 0.2) is 0 Å². The van der Waals surface area contributed by atoms with Crippen molar-refractivity contribution in [2.75, 3.05) is 4.90 Å². The van der Waals surface area contributed by atoms with Gasteiger partial charge in [-0.25, -0.2) is 0 Å². The number of benzene rings is 4. The number of allylic oxidation sites excluding steroid dienone is 6. The van der Waals surface area contributed by atoms with Gasteiger partial charge in [0.05, 0.1) is 11.4 Å². The normalized spacial score (nSPS) is 19.4. The monoisotopic (exact) mass is 558 g/mol. The second-order valence-corrected chi connectivity index (χ2v) is 12.2. The second kappa shape index (κ2) is 11.2. The number of hydrogen-bond acceptors (Lipinski definition) is 2. The molecule has 2 heterocycles. The molecule has 0 saturated carbocycles. The number of anilines is 1. The van der Waals surface area contributed by atoms with Gasteiger partial charge in [0.25, 0.3) is 0 Å². The first kappa shape index (κ1) is 27.2. The molecule has 0 bridgehead atoms. The Kier molecular flexibility index (Phi) is 7.07. The van der Waals surface area contributed by atoms with Crippen molar-refractivity contribution in [2.24, 2.45) is 11.8 Å². The summed E-state index contributed by atoms with van der Waals surface area (Å²) < 4.78 is 0. The van der Waals surface area contributed by atoms with Crippen LogP contribution in [0.5, 0.6) is 0 Å². The summed E-state index contributed by atoms with van der Waals surface area (Å²) in [5, 5.41) is 5.03. The van der Waals surface area contributed by atoms with Crippen LogP contribution in [0.2, 0.25) is 0 Å². The summed E-state index contributed by atoms with van der Waals surface area (Å²) in [5.41, 5.74) is 11.1. The number of hydrogen-bond donors (Lipinski definition) is 0. The fourth-order valence-corrected chi connectivity index (χ4v) is 6.78. The highest BCUT2D eigenvalue weighted by molar-refractivity contribution is 6.17. The Morgan fingerprint density at radius 2 is 1.47 bits per heavy atom. The number of fused-ring (bicyclic) bond motifs is 3. The van der Waals surface area contributed by atoms with E-state index in [1.165, 1.54) is 67.2 Å². The van der Waals surface area contributed by atoms with Crippen LogP contribution in [0.15, 0.2) is 127 Å². The van der Waals surface area contributed by atoms with Crippen LogP contribution >= 0.6 is 0 Å². The largest absolute Gasteiger partial charge is 0.317 e. The maximum atomic E-state index is 4.65. The van der Waals surface area contributed by atoms with Gasteiger partial charge in [-0.3, -0.25) is 4.98 Å². The van der Waals surface area contributed by atoms with Gasteiger partial charge in [0, 0.05) is 29.0 Å². The van der Waals surface area contributed by atoms with E-state index in [1.54, 1.807) is 0 Å². The van der Waals surface area contributed by atoms with Crippen molar-refractivity contribution in [1.29, 1.82) is 0 Å². The van der Waals surface area contributed by atoms with Crippen molar-refractivity contribution in [3.63, 3.8) is 0 Å². The summed E-state index contributed by atoms with van der Waals surface area (Å²) in [6.45, 7) is 9.12. The molecule has 0 fully saturated rings. The molecular formula is C41H38N2. The van der Waals surface area contributed by atoms with Gasteiger partial charge in [-0.2, -0.15) is 0 Å². The Hall–Kier alpha value is -4.69. The van der Waals surface area contributed by atoms with Crippen molar-refractivity contribution < 1.29 is 0 Å². The first-order valence-corrected chi connectivity index (χ1v) is 15.5. The van der Waals surface area contributed by atoms with E-state index < -0.39 is 0 Å². The van der Waals surface area contributed by atoms with E-state index in [0.717, 1.165) is 29.5 Å². The van der Waals surface area contributed by atoms with Crippen molar-refractivity contribution in [3.05, 3.63) is 138 Å². The zero-order valence-electron chi connectivity index (χ0n) is 25.5. The van der Waals surface area contributed by atoms with E-state index in [2.05, 4.69) is 147 Å². The predicted molar refractivity (Wildman–Crippen MR) is 185 cm³/mol. The number of aryl methyl sites for hydroxylation is 1. The van der Waals surface area contributed by atoms with Crippen molar-refractivity contribution >= 4 is 32.8 Å². The lowest BCUT2D eigenvalue weighted by atomic mass is 9.80. The summed E-state index contributed by atoms with van der Waals surface area (Å²) in [5.74, 6) is 1.50. The molecule has 212 valence electrons. The molecule has 1 aromatic heterocycles. The Labute approximate surface area is 255 Å². The zero-order valence-corrected chi connectivity index (χ0v) is 25.5. The highest BCUT2D eigenvalue weighted by Gasteiger charge is 2.21. The summed E-state index contributed by atoms with van der Waals surface area (Å²) in [6.07, 6.45) is 17.4. The van der Waals surface area contributed by atoms with Gasteiger partial charge in [-0.1, -0.05) is 86.7 Å². The van der Waals surface area contributed by atoms with Gasteiger partial charge in [0.1, 0.15) is 0 Å². The van der Waals surface area contributed by atoms with Gasteiger partial charge >= 0.3 is 0 Å². The molecule has 2 unspecified atom stereocenters. The van der Waals surface area contributed by atoms with Crippen LogP contribution in [0, 0.1) is 18.8 Å². The SMILES string of the molecule is C/C=C1\C=CC=CN1c1c(C)c2ccc(-c3ccccn3)cc2c2cc(-c3ccc(C4=CCC(C)C(C)C4)cc3)ccc12. The Morgan fingerprint density at radius 1 is 0.744 bits per heavy atom. The van der Waals surface area contributed by atoms with Crippen LogP contribution in [0.4, 0.5) is 5.69 Å². The lowest BCUT2D eigenvalue weighted by Gasteiger charge is -2.28. The lowest BCUT2D eigenvalue weighted by molar-refractivity contribution is 0.386. The smallest absolute Gasteiger partial charge is 0.0702 e. The fourth-order valence-electron chi connectivity index (χ4n) is 6.78. The van der Waals surface area contributed by atoms with Crippen LogP contribution in [-0.2, 0) is 0 Å². The summed E-state index contributed by atoms with van der Waals surface area (Å²) in [7, 11) is 0. The number of rotatable bonds is 4. The molecule has 0 radical (unpaired) electrons. The van der Waals surface area contributed by atoms with Crippen molar-refractivity contribution in [1.82, 2.24) is 4.98 Å². The van der Waals surface area contributed by atoms with E-state index in [4.69, 9.17) is 0 Å². The van der Waals surface area contributed by atoms with Crippen molar-refractivity contribution in [3.8, 4) is 22.4 Å². The predicted octanol–water partition coefficient (Wildman–Crippen LogP) is 11.3. The third-order valence-corrected chi connectivity index (χ3v) is 9.57. The standard InChI is InChI=1S/C41H38N2/c1-5-35-10-7-9-23-43(35)41-29(4)36-20-19-34(40-11-6-8-22-42-40)26-38(36)39-25-33(18-21-37(39)41)31-16-14-30(15-17-31)32-13-12-27(2)28(3)24-32/h5-11,13-23,25-28H,12,24H2,1-4H3/b35-5+. The Balaban J connectivity index is 1.40. The maximum Gasteiger partial charge on any atom is 0.0702 e. The van der Waals surface area contributed by atoms with Gasteiger partial charge < -0.3 is 4.90 Å². The molecule has 43 heavy (non-hydrogen) atoms. The first-order valence-electron chi connectivity index (χ1n) is 15.5. The van der Waals surface area contributed by atoms with Crippen LogP contribution in [0.1, 0.15) is 44.7 Å². The molecule has 2 heteroatoms. The highest BCUT2D eigenvalue weighted by atomic mass is 15.1. The minimum atomic E-state index is 0.732. The molecule has 0 N–H and O–H groups in total. The number of nitrogens with zero attached hydrogens (tertiary/aromatic N) is 2. The second-order valence-electron chi connectivity index (χ2n) is 12.2. The van der Waals surface area contributed by atoms with Gasteiger partial charge in [-0.15, -0.1) is 0 Å². The number of aromatic nitrogens is 1. The van der Waals surface area contributed by atoms with E-state index in [0.29, 0.717) is 0 Å². The summed E-state index contributed by atoms with van der Waals surface area (Å²) in [4.78, 5) is 6.99. The molecule has 1 aliphatic heterocycles. The van der Waals surface area contributed by atoms with E-state index in [1.807, 2.05) is 12.3 Å². The van der Waals surface area contributed by atoms with Gasteiger partial charge in [0.2, 0.25) is 0 Å². The molecule has 5 aromatic rings. The molecule has 4 aromatic carbocycles. The van der Waals surface area contributed by atoms with Crippen LogP contribution in [0.25, 0.3) is 49.5 Å². The molecule has 0 spiro atoms. The van der Waals surface area contributed by atoms with Crippen molar-refractivity contribution in [2.45, 2.75) is 40.5 Å². The quantitative estimate of drug-likeness (QED) is 0.204. The molecular weight excluding hydrogens is 520 g/mol. The average Bonchev–Trinajstić information content (AvgIpc) is 3.06. The van der Waals surface area contributed by atoms with E-state index in [-0.39, 0.29) is 0 Å². The Bertz CT molecular complexity index is 1960. The van der Waals surface area contributed by atoms with Crippen LogP contribution < -0.4 is 4.90 Å². The summed E-state index contributed by atoms with van der Waals surface area (Å²) in [6, 6.07) is 29.1. The molecule has 2 aliphatic rings. The molecule has 7 rings (SSSR count). The highest BCUT2D eigenvalue weighted by Crippen LogP contribution is 2.43. The molecule has 0 saturated heterocycles. The average molecular weight is 559 g/mol. The fraction of sp³-hybridized carbons (Fsp3) is 0.195. The third-order valence-electron chi connectivity index (χ3n) is 9.57. The Morgan fingerprint density at radius 3 is 2.23 bits per heavy atom. The van der Waals surface area contributed by atoms with Crippen LogP contribution in [0.3, 0.4) is 0 Å². The van der Waals surface area contributed by atoms with Crippen LogP contribution in [-0.4, -0.2) is 4.98 Å². The van der Waals surface area contributed by atoms with E-state index >= 15 is 0 Å². The molecule has 2 atom stereocenters. The lowest BCUT2D eigenvalue weighted by Crippen LogP contribution is -2.17. The number of pyridine rings is 1.